The van der Waals surface area contributed by atoms with Gasteiger partial charge in [0.25, 0.3) is 0 Å². The molecule has 33 heavy (non-hydrogen) atoms. The summed E-state index contributed by atoms with van der Waals surface area (Å²) in [7, 11) is 0. The van der Waals surface area contributed by atoms with Crippen LogP contribution >= 0.6 is 11.6 Å². The fourth-order valence-electron chi connectivity index (χ4n) is 4.90. The van der Waals surface area contributed by atoms with Crippen LogP contribution in [0.4, 0.5) is 5.69 Å². The van der Waals surface area contributed by atoms with Crippen LogP contribution in [0, 0.1) is 18.8 Å². The second-order valence-electron chi connectivity index (χ2n) is 8.90. The Morgan fingerprint density at radius 3 is 2.70 bits per heavy atom. The van der Waals surface area contributed by atoms with Gasteiger partial charge in [-0.05, 0) is 42.2 Å². The Labute approximate surface area is 197 Å². The van der Waals surface area contributed by atoms with Crippen LogP contribution in [-0.2, 0) is 27.3 Å². The highest BCUT2D eigenvalue weighted by atomic mass is 35.5. The van der Waals surface area contributed by atoms with Crippen LogP contribution in [0.3, 0.4) is 0 Å². The van der Waals surface area contributed by atoms with Gasteiger partial charge in [-0.25, -0.2) is 0 Å². The average Bonchev–Trinajstić information content (AvgIpc) is 2.80. The molecule has 2 aromatic rings. The standard InChI is InChI=1S/C24H26ClN5O3/c1-13-6-7-16(10-18(13)25)26-22(32)17-11-19(31)27-21-20(17)23(33)29-24(28-21)30-9-8-14-4-2-3-5-15(14)12-30/h2-7,10,17,20-21,24,28H,8-9,11-12H2,1H3,(H,26,32)(H,27,31)(H,29,33). The summed E-state index contributed by atoms with van der Waals surface area (Å²) in [6.07, 6.45) is -0.220. The summed E-state index contributed by atoms with van der Waals surface area (Å²) in [6, 6.07) is 13.5. The Kier molecular flexibility index (Phi) is 5.82. The van der Waals surface area contributed by atoms with Gasteiger partial charge in [0, 0.05) is 30.2 Å². The van der Waals surface area contributed by atoms with Crippen LogP contribution in [0.15, 0.2) is 42.5 Å². The van der Waals surface area contributed by atoms with Crippen LogP contribution in [0.25, 0.3) is 0 Å². The molecule has 0 radical (unpaired) electrons. The number of nitrogens with one attached hydrogen (secondary N) is 4. The highest BCUT2D eigenvalue weighted by molar-refractivity contribution is 6.31. The molecule has 9 heteroatoms. The minimum absolute atomic E-state index is 0.0521. The molecule has 0 bridgehead atoms. The third-order valence-electron chi connectivity index (χ3n) is 6.74. The number of halogens is 1. The van der Waals surface area contributed by atoms with E-state index in [0.717, 1.165) is 18.5 Å². The molecule has 4 N–H and O–H groups in total. The molecule has 2 aromatic carbocycles. The first kappa shape index (κ1) is 21.9. The van der Waals surface area contributed by atoms with Gasteiger partial charge in [0.2, 0.25) is 17.7 Å². The zero-order valence-corrected chi connectivity index (χ0v) is 19.0. The van der Waals surface area contributed by atoms with Gasteiger partial charge < -0.3 is 16.0 Å². The Bertz CT molecular complexity index is 1120. The number of carbonyl (C=O) groups is 3. The molecule has 8 nitrogen and oxygen atoms in total. The topological polar surface area (TPSA) is 103 Å². The monoisotopic (exact) mass is 467 g/mol. The van der Waals surface area contributed by atoms with Crippen LogP contribution in [0.5, 0.6) is 0 Å². The maximum Gasteiger partial charge on any atom is 0.229 e. The smallest absolute Gasteiger partial charge is 0.229 e. The average molecular weight is 468 g/mol. The first-order valence-electron chi connectivity index (χ1n) is 11.1. The molecular formula is C24H26ClN5O3. The number of piperidine rings is 1. The summed E-state index contributed by atoms with van der Waals surface area (Å²) >= 11 is 6.17. The van der Waals surface area contributed by atoms with E-state index < -0.39 is 24.3 Å². The van der Waals surface area contributed by atoms with E-state index in [1.165, 1.54) is 11.1 Å². The SMILES string of the molecule is Cc1ccc(NC(=O)C2CC(=O)NC3NC(N4CCc5ccccc5C4)NC(=O)C32)cc1Cl. The molecule has 0 spiro atoms. The first-order chi connectivity index (χ1) is 15.9. The van der Waals surface area contributed by atoms with Gasteiger partial charge in [0.15, 0.2) is 0 Å². The van der Waals surface area contributed by atoms with E-state index in [0.29, 0.717) is 17.3 Å². The number of fused-ring (bicyclic) bond motifs is 2. The zero-order chi connectivity index (χ0) is 23.1. The summed E-state index contributed by atoms with van der Waals surface area (Å²) in [4.78, 5) is 40.8. The van der Waals surface area contributed by atoms with E-state index in [-0.39, 0.29) is 24.1 Å². The number of rotatable bonds is 3. The number of hydrogen-bond donors (Lipinski definition) is 4. The van der Waals surface area contributed by atoms with Gasteiger partial charge in [0.1, 0.15) is 6.29 Å². The summed E-state index contributed by atoms with van der Waals surface area (Å²) in [6.45, 7) is 3.34. The molecule has 0 saturated carbocycles. The van der Waals surface area contributed by atoms with Gasteiger partial charge in [0.05, 0.1) is 18.0 Å². The molecule has 0 aliphatic carbocycles. The molecule has 172 valence electrons. The number of nitrogens with zero attached hydrogens (tertiary/aromatic N) is 1. The minimum Gasteiger partial charge on any atom is -0.340 e. The van der Waals surface area contributed by atoms with Crippen molar-refractivity contribution in [2.75, 3.05) is 11.9 Å². The van der Waals surface area contributed by atoms with Crippen molar-refractivity contribution in [1.29, 1.82) is 0 Å². The molecular weight excluding hydrogens is 442 g/mol. The molecule has 5 rings (SSSR count). The second kappa shape index (κ2) is 8.78. The van der Waals surface area contributed by atoms with Crippen molar-refractivity contribution < 1.29 is 14.4 Å². The van der Waals surface area contributed by atoms with Gasteiger partial charge in [-0.15, -0.1) is 0 Å². The molecule has 4 unspecified atom stereocenters. The number of carbonyl (C=O) groups excluding carboxylic acids is 3. The van der Waals surface area contributed by atoms with Crippen molar-refractivity contribution in [3.63, 3.8) is 0 Å². The van der Waals surface area contributed by atoms with Crippen molar-refractivity contribution in [2.24, 2.45) is 11.8 Å². The minimum atomic E-state index is -0.792. The molecule has 3 aliphatic rings. The van der Waals surface area contributed by atoms with Gasteiger partial charge in [-0.2, -0.15) is 0 Å². The van der Waals surface area contributed by atoms with E-state index in [1.807, 2.05) is 25.1 Å². The molecule has 2 fully saturated rings. The number of hydrogen-bond acceptors (Lipinski definition) is 5. The maximum atomic E-state index is 13.2. The number of amides is 3. The number of benzene rings is 2. The Hall–Kier alpha value is -2.94. The third-order valence-corrected chi connectivity index (χ3v) is 7.14. The summed E-state index contributed by atoms with van der Waals surface area (Å²) in [5.74, 6) is -2.38. The van der Waals surface area contributed by atoms with Crippen LogP contribution in [-0.4, -0.2) is 41.6 Å². The largest absolute Gasteiger partial charge is 0.340 e. The molecule has 3 aliphatic heterocycles. The highest BCUT2D eigenvalue weighted by Crippen LogP contribution is 2.30. The second-order valence-corrected chi connectivity index (χ2v) is 9.31. The quantitative estimate of drug-likeness (QED) is 0.550. The molecule has 0 aromatic heterocycles. The Morgan fingerprint density at radius 2 is 1.91 bits per heavy atom. The zero-order valence-electron chi connectivity index (χ0n) is 18.2. The predicted molar refractivity (Wildman–Crippen MR) is 124 cm³/mol. The fourth-order valence-corrected chi connectivity index (χ4v) is 5.08. The van der Waals surface area contributed by atoms with Crippen LogP contribution in [0.1, 0.15) is 23.1 Å². The van der Waals surface area contributed by atoms with E-state index in [2.05, 4.69) is 38.3 Å². The lowest BCUT2D eigenvalue weighted by molar-refractivity contribution is -0.147. The number of aryl methyl sites for hydroxylation is 1. The summed E-state index contributed by atoms with van der Waals surface area (Å²) in [5, 5.41) is 12.6. The van der Waals surface area contributed by atoms with E-state index in [4.69, 9.17) is 11.6 Å². The van der Waals surface area contributed by atoms with Gasteiger partial charge in [-0.1, -0.05) is 41.9 Å². The predicted octanol–water partition coefficient (Wildman–Crippen LogP) is 1.73. The molecule has 4 atom stereocenters. The fraction of sp³-hybridized carbons (Fsp3) is 0.375. The van der Waals surface area contributed by atoms with E-state index in [1.54, 1.807) is 12.1 Å². The van der Waals surface area contributed by atoms with Crippen molar-refractivity contribution in [3.8, 4) is 0 Å². The maximum absolute atomic E-state index is 13.2. The van der Waals surface area contributed by atoms with Gasteiger partial charge >= 0.3 is 0 Å². The lowest BCUT2D eigenvalue weighted by atomic mass is 9.81. The summed E-state index contributed by atoms with van der Waals surface area (Å²) in [5.41, 5.74) is 3.97. The Balaban J connectivity index is 1.31. The van der Waals surface area contributed by atoms with Crippen LogP contribution < -0.4 is 21.3 Å². The van der Waals surface area contributed by atoms with Crippen molar-refractivity contribution in [3.05, 3.63) is 64.2 Å². The van der Waals surface area contributed by atoms with Gasteiger partial charge in [-0.3, -0.25) is 24.6 Å². The normalized spacial score (nSPS) is 27.1. The molecule has 3 heterocycles. The lowest BCUT2D eigenvalue weighted by Crippen LogP contribution is -2.74. The lowest BCUT2D eigenvalue weighted by Gasteiger charge is -2.47. The highest BCUT2D eigenvalue weighted by Gasteiger charge is 2.49. The van der Waals surface area contributed by atoms with Crippen LogP contribution in [0.2, 0.25) is 5.02 Å². The molecule has 2 saturated heterocycles. The summed E-state index contributed by atoms with van der Waals surface area (Å²) < 4.78 is 0. The van der Waals surface area contributed by atoms with E-state index >= 15 is 0 Å². The van der Waals surface area contributed by atoms with Crippen molar-refractivity contribution >= 4 is 35.0 Å². The van der Waals surface area contributed by atoms with E-state index in [9.17, 15) is 14.4 Å². The van der Waals surface area contributed by atoms with Crippen molar-refractivity contribution in [2.45, 2.75) is 38.8 Å². The first-order valence-corrected chi connectivity index (χ1v) is 11.5. The molecule has 3 amide bonds. The third kappa shape index (κ3) is 4.34. The van der Waals surface area contributed by atoms with Crippen molar-refractivity contribution in [1.82, 2.24) is 20.9 Å². The number of anilines is 1. The Morgan fingerprint density at radius 1 is 1.12 bits per heavy atom.